The Balaban J connectivity index is 2.46. The zero-order valence-corrected chi connectivity index (χ0v) is 9.70. The average molecular weight is 260 g/mol. The van der Waals surface area contributed by atoms with Crippen molar-refractivity contribution in [3.8, 4) is 0 Å². The molecule has 100 valence electrons. The van der Waals surface area contributed by atoms with Crippen molar-refractivity contribution < 1.29 is 18.0 Å². The molecular weight excluding hydrogens is 245 g/mol. The van der Waals surface area contributed by atoms with E-state index in [9.17, 15) is 18.0 Å². The Labute approximate surface area is 103 Å². The molecule has 1 aromatic rings. The van der Waals surface area contributed by atoms with Gasteiger partial charge in [-0.15, -0.1) is 0 Å². The number of benzene rings is 1. The Morgan fingerprint density at radius 3 is 2.39 bits per heavy atom. The number of nitrogens with one attached hydrogen (secondary N) is 1. The molecule has 1 amide bonds. The lowest BCUT2D eigenvalue weighted by molar-refractivity contribution is -0.138. The van der Waals surface area contributed by atoms with Gasteiger partial charge in [0, 0.05) is 13.0 Å². The van der Waals surface area contributed by atoms with Crippen LogP contribution in [0, 0.1) is 0 Å². The smallest absolute Gasteiger partial charge is 0.368 e. The highest BCUT2D eigenvalue weighted by molar-refractivity contribution is 5.79. The van der Waals surface area contributed by atoms with Gasteiger partial charge in [0.25, 0.3) is 0 Å². The summed E-state index contributed by atoms with van der Waals surface area (Å²) in [5.74, 6) is -0.768. The summed E-state index contributed by atoms with van der Waals surface area (Å²) in [6.07, 6.45) is -5.64. The Morgan fingerprint density at radius 1 is 1.28 bits per heavy atom. The fourth-order valence-corrected chi connectivity index (χ4v) is 1.49. The minimum atomic E-state index is -4.28. The van der Waals surface area contributed by atoms with Gasteiger partial charge in [0.15, 0.2) is 0 Å². The quantitative estimate of drug-likeness (QED) is 0.821. The maximum absolute atomic E-state index is 12.1. The van der Waals surface area contributed by atoms with Crippen LogP contribution in [-0.2, 0) is 11.3 Å². The maximum atomic E-state index is 12.1. The van der Waals surface area contributed by atoms with Gasteiger partial charge in [0.2, 0.25) is 5.91 Å². The van der Waals surface area contributed by atoms with Gasteiger partial charge in [0.05, 0.1) is 6.04 Å². The average Bonchev–Trinajstić information content (AvgIpc) is 2.28. The topological polar surface area (TPSA) is 55.1 Å². The third-order valence-corrected chi connectivity index (χ3v) is 2.46. The van der Waals surface area contributed by atoms with Crippen molar-refractivity contribution >= 4 is 5.91 Å². The fraction of sp³-hybridized carbons (Fsp3) is 0.417. The summed E-state index contributed by atoms with van der Waals surface area (Å²) >= 11 is 0. The minimum Gasteiger partial charge on any atom is -0.368 e. The molecule has 0 heterocycles. The van der Waals surface area contributed by atoms with Gasteiger partial charge in [-0.1, -0.05) is 30.3 Å². The van der Waals surface area contributed by atoms with Gasteiger partial charge in [-0.3, -0.25) is 4.79 Å². The van der Waals surface area contributed by atoms with Crippen molar-refractivity contribution in [3.63, 3.8) is 0 Å². The number of rotatable bonds is 6. The van der Waals surface area contributed by atoms with Crippen LogP contribution in [0.15, 0.2) is 30.3 Å². The van der Waals surface area contributed by atoms with Crippen LogP contribution in [0.5, 0.6) is 0 Å². The predicted molar refractivity (Wildman–Crippen MR) is 61.6 cm³/mol. The molecule has 1 aromatic carbocycles. The van der Waals surface area contributed by atoms with E-state index in [1.54, 1.807) is 0 Å². The van der Waals surface area contributed by atoms with Crippen molar-refractivity contribution in [2.24, 2.45) is 5.73 Å². The van der Waals surface area contributed by atoms with Crippen molar-refractivity contribution in [3.05, 3.63) is 35.9 Å². The first-order valence-corrected chi connectivity index (χ1v) is 5.52. The third-order valence-electron chi connectivity index (χ3n) is 2.46. The van der Waals surface area contributed by atoms with Crippen LogP contribution in [0.1, 0.15) is 18.4 Å². The van der Waals surface area contributed by atoms with E-state index in [0.29, 0.717) is 6.54 Å². The fourth-order valence-electron chi connectivity index (χ4n) is 1.49. The van der Waals surface area contributed by atoms with E-state index < -0.39 is 24.5 Å². The molecule has 0 aliphatic rings. The number of amides is 1. The van der Waals surface area contributed by atoms with E-state index in [0.717, 1.165) is 5.56 Å². The van der Waals surface area contributed by atoms with E-state index in [1.807, 2.05) is 30.3 Å². The van der Waals surface area contributed by atoms with Crippen molar-refractivity contribution in [2.45, 2.75) is 31.6 Å². The molecule has 0 radical (unpaired) electrons. The second kappa shape index (κ2) is 6.39. The predicted octanol–water partition coefficient (Wildman–Crippen LogP) is 1.97. The number of hydrogen-bond donors (Lipinski definition) is 2. The largest absolute Gasteiger partial charge is 0.389 e. The number of hydrogen-bond acceptors (Lipinski definition) is 2. The molecule has 0 fully saturated rings. The van der Waals surface area contributed by atoms with Crippen LogP contribution in [0.4, 0.5) is 13.2 Å². The van der Waals surface area contributed by atoms with Crippen molar-refractivity contribution in [2.75, 3.05) is 0 Å². The molecule has 1 rings (SSSR count). The highest BCUT2D eigenvalue weighted by Crippen LogP contribution is 2.22. The zero-order chi connectivity index (χ0) is 13.6. The summed E-state index contributed by atoms with van der Waals surface area (Å²) in [4.78, 5) is 11.0. The Hall–Kier alpha value is -1.56. The molecule has 0 aliphatic heterocycles. The van der Waals surface area contributed by atoms with Crippen LogP contribution >= 0.6 is 0 Å². The first-order valence-electron chi connectivity index (χ1n) is 5.52. The molecule has 3 N–H and O–H groups in total. The second-order valence-corrected chi connectivity index (χ2v) is 3.98. The maximum Gasteiger partial charge on any atom is 0.389 e. The molecule has 0 spiro atoms. The van der Waals surface area contributed by atoms with Crippen LogP contribution in [0.2, 0.25) is 0 Å². The van der Waals surface area contributed by atoms with E-state index in [1.165, 1.54) is 0 Å². The minimum absolute atomic E-state index is 0.312. The summed E-state index contributed by atoms with van der Waals surface area (Å²) in [5, 5.41) is 2.73. The third kappa shape index (κ3) is 5.67. The highest BCUT2D eigenvalue weighted by atomic mass is 19.4. The van der Waals surface area contributed by atoms with Crippen LogP contribution in [-0.4, -0.2) is 18.1 Å². The monoisotopic (exact) mass is 260 g/mol. The Morgan fingerprint density at radius 2 is 1.89 bits per heavy atom. The SMILES string of the molecule is NC(=O)[C@@H](CCC(F)(F)F)NCc1ccccc1. The van der Waals surface area contributed by atoms with Gasteiger partial charge in [0.1, 0.15) is 0 Å². The lowest BCUT2D eigenvalue weighted by Crippen LogP contribution is -2.41. The lowest BCUT2D eigenvalue weighted by Gasteiger charge is -2.16. The first-order chi connectivity index (χ1) is 8.38. The molecule has 0 saturated heterocycles. The van der Waals surface area contributed by atoms with E-state index >= 15 is 0 Å². The van der Waals surface area contributed by atoms with E-state index in [-0.39, 0.29) is 6.42 Å². The zero-order valence-electron chi connectivity index (χ0n) is 9.70. The van der Waals surface area contributed by atoms with Gasteiger partial charge >= 0.3 is 6.18 Å². The highest BCUT2D eigenvalue weighted by Gasteiger charge is 2.29. The molecule has 3 nitrogen and oxygen atoms in total. The normalized spacial score (nSPS) is 13.3. The van der Waals surface area contributed by atoms with Gasteiger partial charge in [-0.25, -0.2) is 0 Å². The number of nitrogens with two attached hydrogens (primary N) is 1. The number of primary amides is 1. The van der Waals surface area contributed by atoms with Crippen LogP contribution in [0.3, 0.4) is 0 Å². The summed E-state index contributed by atoms with van der Waals surface area (Å²) in [5.41, 5.74) is 5.95. The molecule has 18 heavy (non-hydrogen) atoms. The standard InChI is InChI=1S/C12H15F3N2O/c13-12(14,15)7-6-10(11(16)18)17-8-9-4-2-1-3-5-9/h1-5,10,17H,6-8H2,(H2,16,18)/t10-/m1/s1. The summed E-state index contributed by atoms with van der Waals surface area (Å²) in [6.45, 7) is 0.312. The van der Waals surface area contributed by atoms with Crippen molar-refractivity contribution in [1.82, 2.24) is 5.32 Å². The lowest BCUT2D eigenvalue weighted by atomic mass is 10.1. The molecule has 0 unspecified atom stereocenters. The van der Waals surface area contributed by atoms with Crippen LogP contribution in [0.25, 0.3) is 0 Å². The molecule has 0 saturated carbocycles. The molecule has 0 aliphatic carbocycles. The van der Waals surface area contributed by atoms with Gasteiger partial charge < -0.3 is 11.1 Å². The second-order valence-electron chi connectivity index (χ2n) is 3.98. The first kappa shape index (κ1) is 14.5. The summed E-state index contributed by atoms with van der Waals surface area (Å²) in [6, 6.07) is 8.12. The molecule has 1 atom stereocenters. The number of alkyl halides is 3. The molecule has 0 aromatic heterocycles. The summed E-state index contributed by atoms with van der Waals surface area (Å²) < 4.78 is 36.2. The van der Waals surface area contributed by atoms with Crippen molar-refractivity contribution in [1.29, 1.82) is 0 Å². The number of carbonyl (C=O) groups is 1. The van der Waals surface area contributed by atoms with Gasteiger partial charge in [-0.2, -0.15) is 13.2 Å². The van der Waals surface area contributed by atoms with E-state index in [2.05, 4.69) is 5.32 Å². The van der Waals surface area contributed by atoms with Gasteiger partial charge in [-0.05, 0) is 12.0 Å². The Bertz CT molecular complexity index is 379. The molecule has 0 bridgehead atoms. The van der Waals surface area contributed by atoms with Crippen LogP contribution < -0.4 is 11.1 Å². The van der Waals surface area contributed by atoms with E-state index in [4.69, 9.17) is 5.73 Å². The number of halogens is 3. The molecular formula is C12H15F3N2O. The summed E-state index contributed by atoms with van der Waals surface area (Å²) in [7, 11) is 0. The Kier molecular flexibility index (Phi) is 5.15. The number of carbonyl (C=O) groups excluding carboxylic acids is 1. The molecule has 6 heteroatoms.